The average Bonchev–Trinajstić information content (AvgIpc) is 2.52. The molecule has 0 saturated heterocycles. The standard InChI is InChI=1S/C19H28N2O4/c1-12(2)10-15(19(24)25)20-18(23)17(13(3)4)21-16(22)11-14-8-6-5-7-9-14/h5-9,12-13,15,17H,10-11H2,1-4H3,(H,20,23)(H,21,22)(H,24,25)/t15-,17?/m1/s1. The number of carbonyl (C=O) groups is 3. The number of carboxylic acids is 1. The number of nitrogens with one attached hydrogen (secondary N) is 2. The van der Waals surface area contributed by atoms with Crippen LogP contribution in [-0.4, -0.2) is 35.0 Å². The van der Waals surface area contributed by atoms with E-state index in [4.69, 9.17) is 0 Å². The van der Waals surface area contributed by atoms with Crippen molar-refractivity contribution >= 4 is 17.8 Å². The van der Waals surface area contributed by atoms with Gasteiger partial charge < -0.3 is 15.7 Å². The molecule has 0 bridgehead atoms. The minimum absolute atomic E-state index is 0.131. The molecule has 2 atom stereocenters. The molecule has 0 spiro atoms. The Bertz CT molecular complexity index is 584. The fourth-order valence-electron chi connectivity index (χ4n) is 2.50. The van der Waals surface area contributed by atoms with E-state index in [0.717, 1.165) is 5.56 Å². The van der Waals surface area contributed by atoms with Gasteiger partial charge in [0, 0.05) is 0 Å². The summed E-state index contributed by atoms with van der Waals surface area (Å²) in [6, 6.07) is 7.51. The highest BCUT2D eigenvalue weighted by molar-refractivity contribution is 5.91. The van der Waals surface area contributed by atoms with E-state index in [1.807, 2.05) is 58.0 Å². The van der Waals surface area contributed by atoms with Crippen molar-refractivity contribution in [2.45, 2.75) is 52.6 Å². The molecule has 1 unspecified atom stereocenters. The third-order valence-electron chi connectivity index (χ3n) is 3.79. The van der Waals surface area contributed by atoms with E-state index in [-0.39, 0.29) is 24.2 Å². The minimum Gasteiger partial charge on any atom is -0.480 e. The number of hydrogen-bond donors (Lipinski definition) is 3. The van der Waals surface area contributed by atoms with Crippen LogP contribution in [-0.2, 0) is 20.8 Å². The van der Waals surface area contributed by atoms with Crippen molar-refractivity contribution in [2.75, 3.05) is 0 Å². The normalized spacial score (nSPS) is 13.4. The predicted octanol–water partition coefficient (Wildman–Crippen LogP) is 1.99. The Morgan fingerprint density at radius 2 is 1.60 bits per heavy atom. The van der Waals surface area contributed by atoms with Gasteiger partial charge in [-0.05, 0) is 23.8 Å². The first-order chi connectivity index (χ1) is 11.7. The van der Waals surface area contributed by atoms with Gasteiger partial charge in [0.1, 0.15) is 12.1 Å². The van der Waals surface area contributed by atoms with Gasteiger partial charge in [-0.3, -0.25) is 9.59 Å². The Hall–Kier alpha value is -2.37. The van der Waals surface area contributed by atoms with Gasteiger partial charge in [0.25, 0.3) is 0 Å². The van der Waals surface area contributed by atoms with Crippen molar-refractivity contribution in [3.63, 3.8) is 0 Å². The summed E-state index contributed by atoms with van der Waals surface area (Å²) in [4.78, 5) is 36.0. The maximum absolute atomic E-state index is 12.5. The third kappa shape index (κ3) is 7.37. The minimum atomic E-state index is -1.07. The van der Waals surface area contributed by atoms with E-state index >= 15 is 0 Å². The molecule has 0 saturated carbocycles. The molecule has 1 rings (SSSR count). The second-order valence-corrected chi connectivity index (χ2v) is 6.98. The molecular formula is C19H28N2O4. The topological polar surface area (TPSA) is 95.5 Å². The Labute approximate surface area is 149 Å². The first kappa shape index (κ1) is 20.7. The van der Waals surface area contributed by atoms with Gasteiger partial charge in [-0.2, -0.15) is 0 Å². The molecule has 1 aromatic carbocycles. The van der Waals surface area contributed by atoms with Gasteiger partial charge in [0.2, 0.25) is 11.8 Å². The summed E-state index contributed by atoms with van der Waals surface area (Å²) in [5, 5.41) is 14.5. The number of benzene rings is 1. The summed E-state index contributed by atoms with van der Waals surface area (Å²) in [6.45, 7) is 7.41. The number of aliphatic carboxylic acids is 1. The molecule has 0 fully saturated rings. The molecule has 6 heteroatoms. The maximum atomic E-state index is 12.5. The highest BCUT2D eigenvalue weighted by Crippen LogP contribution is 2.08. The van der Waals surface area contributed by atoms with Crippen molar-refractivity contribution in [3.05, 3.63) is 35.9 Å². The van der Waals surface area contributed by atoms with Gasteiger partial charge >= 0.3 is 5.97 Å². The zero-order valence-electron chi connectivity index (χ0n) is 15.3. The fourth-order valence-corrected chi connectivity index (χ4v) is 2.50. The molecule has 3 N–H and O–H groups in total. The number of rotatable bonds is 9. The van der Waals surface area contributed by atoms with Crippen molar-refractivity contribution < 1.29 is 19.5 Å². The second-order valence-electron chi connectivity index (χ2n) is 6.98. The molecule has 0 aliphatic carbocycles. The van der Waals surface area contributed by atoms with Crippen molar-refractivity contribution in [3.8, 4) is 0 Å². The van der Waals surface area contributed by atoms with Crippen LogP contribution in [0.1, 0.15) is 39.7 Å². The Morgan fingerprint density at radius 3 is 2.08 bits per heavy atom. The SMILES string of the molecule is CC(C)C[C@@H](NC(=O)C(NC(=O)Cc1ccccc1)C(C)C)C(=O)O. The lowest BCUT2D eigenvalue weighted by Crippen LogP contribution is -2.54. The number of carbonyl (C=O) groups excluding carboxylic acids is 2. The third-order valence-corrected chi connectivity index (χ3v) is 3.79. The van der Waals surface area contributed by atoms with Crippen LogP contribution in [0.15, 0.2) is 30.3 Å². The predicted molar refractivity (Wildman–Crippen MR) is 95.9 cm³/mol. The van der Waals surface area contributed by atoms with Gasteiger partial charge in [0.05, 0.1) is 6.42 Å². The number of amides is 2. The van der Waals surface area contributed by atoms with Crippen LogP contribution in [0.2, 0.25) is 0 Å². The van der Waals surface area contributed by atoms with Crippen molar-refractivity contribution in [1.29, 1.82) is 0 Å². The molecule has 0 aliphatic heterocycles. The van der Waals surface area contributed by atoms with Crippen molar-refractivity contribution in [1.82, 2.24) is 10.6 Å². The average molecular weight is 348 g/mol. The van der Waals surface area contributed by atoms with E-state index in [1.54, 1.807) is 0 Å². The smallest absolute Gasteiger partial charge is 0.326 e. The lowest BCUT2D eigenvalue weighted by Gasteiger charge is -2.24. The maximum Gasteiger partial charge on any atom is 0.326 e. The summed E-state index contributed by atoms with van der Waals surface area (Å²) in [5.74, 6) is -1.83. The van der Waals surface area contributed by atoms with Crippen LogP contribution in [0.3, 0.4) is 0 Å². The molecule has 6 nitrogen and oxygen atoms in total. The van der Waals surface area contributed by atoms with Gasteiger partial charge in [-0.15, -0.1) is 0 Å². The monoisotopic (exact) mass is 348 g/mol. The molecule has 1 aromatic rings. The molecule has 0 radical (unpaired) electrons. The van der Waals surface area contributed by atoms with Gasteiger partial charge in [0.15, 0.2) is 0 Å². The molecule has 0 aromatic heterocycles. The first-order valence-electron chi connectivity index (χ1n) is 8.57. The van der Waals surface area contributed by atoms with E-state index in [9.17, 15) is 19.5 Å². The Morgan fingerprint density at radius 1 is 1.00 bits per heavy atom. The van der Waals surface area contributed by atoms with Crippen LogP contribution in [0.25, 0.3) is 0 Å². The molecule has 2 amide bonds. The van der Waals surface area contributed by atoms with Crippen LogP contribution >= 0.6 is 0 Å². The second kappa shape index (κ2) is 9.81. The summed E-state index contributed by atoms with van der Waals surface area (Å²) in [5.41, 5.74) is 0.853. The van der Waals surface area contributed by atoms with E-state index < -0.39 is 24.0 Å². The first-order valence-corrected chi connectivity index (χ1v) is 8.57. The quantitative estimate of drug-likeness (QED) is 0.636. The zero-order chi connectivity index (χ0) is 19.0. The van der Waals surface area contributed by atoms with E-state index in [0.29, 0.717) is 6.42 Å². The van der Waals surface area contributed by atoms with Crippen LogP contribution in [0.4, 0.5) is 0 Å². The number of carboxylic acid groups (broad SMARTS) is 1. The largest absolute Gasteiger partial charge is 0.480 e. The van der Waals surface area contributed by atoms with E-state index in [2.05, 4.69) is 10.6 Å². The van der Waals surface area contributed by atoms with E-state index in [1.165, 1.54) is 0 Å². The van der Waals surface area contributed by atoms with Gasteiger partial charge in [-0.25, -0.2) is 4.79 Å². The lowest BCUT2D eigenvalue weighted by molar-refractivity contribution is -0.143. The summed E-state index contributed by atoms with van der Waals surface area (Å²) in [6.07, 6.45) is 0.509. The van der Waals surface area contributed by atoms with Crippen LogP contribution < -0.4 is 10.6 Å². The zero-order valence-corrected chi connectivity index (χ0v) is 15.3. The Kier molecular flexibility index (Phi) is 8.11. The molecular weight excluding hydrogens is 320 g/mol. The lowest BCUT2D eigenvalue weighted by atomic mass is 10.00. The number of hydrogen-bond acceptors (Lipinski definition) is 3. The molecule has 138 valence electrons. The van der Waals surface area contributed by atoms with Crippen LogP contribution in [0, 0.1) is 11.8 Å². The molecule has 0 heterocycles. The Balaban J connectivity index is 2.72. The fraction of sp³-hybridized carbons (Fsp3) is 0.526. The van der Waals surface area contributed by atoms with Crippen molar-refractivity contribution in [2.24, 2.45) is 11.8 Å². The summed E-state index contributed by atoms with van der Waals surface area (Å²) >= 11 is 0. The van der Waals surface area contributed by atoms with Crippen LogP contribution in [0.5, 0.6) is 0 Å². The summed E-state index contributed by atoms with van der Waals surface area (Å²) < 4.78 is 0. The molecule has 0 aliphatic rings. The highest BCUT2D eigenvalue weighted by Gasteiger charge is 2.28. The summed E-state index contributed by atoms with van der Waals surface area (Å²) in [7, 11) is 0. The highest BCUT2D eigenvalue weighted by atomic mass is 16.4. The molecule has 25 heavy (non-hydrogen) atoms. The van der Waals surface area contributed by atoms with Gasteiger partial charge in [-0.1, -0.05) is 58.0 Å².